The first-order valence-corrected chi connectivity index (χ1v) is 8.84. The lowest BCUT2D eigenvalue weighted by molar-refractivity contribution is -0.118. The molecule has 5 nitrogen and oxygen atoms in total. The first kappa shape index (κ1) is 18.5. The molecule has 2 rings (SSSR count). The Balaban J connectivity index is 1.89. The van der Waals surface area contributed by atoms with E-state index < -0.39 is 0 Å². The zero-order valence-corrected chi connectivity index (χ0v) is 16.1. The van der Waals surface area contributed by atoms with Gasteiger partial charge in [0.05, 0.1) is 4.47 Å². The average Bonchev–Trinajstić information content (AvgIpc) is 2.55. The Morgan fingerprint density at radius 2 is 1.79 bits per heavy atom. The third-order valence-corrected chi connectivity index (χ3v) is 4.13. The number of amides is 2. The van der Waals surface area contributed by atoms with Crippen molar-refractivity contribution in [3.8, 4) is 5.75 Å². The Morgan fingerprint density at radius 1 is 1.08 bits per heavy atom. The van der Waals surface area contributed by atoms with Crippen LogP contribution in [0.2, 0.25) is 0 Å². The highest BCUT2D eigenvalue weighted by atomic mass is 79.9. The second-order valence-corrected chi connectivity index (χ2v) is 6.62. The van der Waals surface area contributed by atoms with Crippen LogP contribution in [0.1, 0.15) is 17.3 Å². The Morgan fingerprint density at radius 3 is 2.42 bits per heavy atom. The van der Waals surface area contributed by atoms with Crippen molar-refractivity contribution in [1.29, 1.82) is 0 Å². The van der Waals surface area contributed by atoms with Gasteiger partial charge < -0.3 is 15.4 Å². The highest BCUT2D eigenvalue weighted by Crippen LogP contribution is 2.28. The van der Waals surface area contributed by atoms with E-state index in [2.05, 4.69) is 42.5 Å². The van der Waals surface area contributed by atoms with Crippen molar-refractivity contribution in [3.63, 3.8) is 0 Å². The highest BCUT2D eigenvalue weighted by Gasteiger charge is 2.08. The summed E-state index contributed by atoms with van der Waals surface area (Å²) < 4.78 is 7.15. The van der Waals surface area contributed by atoms with E-state index in [4.69, 9.17) is 4.74 Å². The molecule has 2 aromatic rings. The number of rotatable bonds is 6. The van der Waals surface area contributed by atoms with Crippen LogP contribution < -0.4 is 15.4 Å². The Labute approximate surface area is 157 Å². The van der Waals surface area contributed by atoms with Crippen molar-refractivity contribution in [2.45, 2.75) is 6.92 Å². The molecule has 0 saturated heterocycles. The standard InChI is InChI=1S/C17H16Br2N2O3/c1-2-20-17(23)11-3-6-13(7-4-11)21-16(22)10-24-15-8-5-12(18)9-14(15)19/h3-9H,2,10H2,1H3,(H,20,23)(H,21,22). The maximum absolute atomic E-state index is 11.9. The summed E-state index contributed by atoms with van der Waals surface area (Å²) in [6, 6.07) is 12.1. The Kier molecular flexibility index (Phi) is 6.81. The van der Waals surface area contributed by atoms with E-state index >= 15 is 0 Å². The molecule has 0 radical (unpaired) electrons. The molecular formula is C17H16Br2N2O3. The van der Waals surface area contributed by atoms with Gasteiger partial charge in [0, 0.05) is 22.3 Å². The summed E-state index contributed by atoms with van der Waals surface area (Å²) in [5, 5.41) is 5.44. The fraction of sp³-hybridized carbons (Fsp3) is 0.176. The number of hydrogen-bond donors (Lipinski definition) is 2. The highest BCUT2D eigenvalue weighted by molar-refractivity contribution is 9.11. The minimum Gasteiger partial charge on any atom is -0.483 e. The van der Waals surface area contributed by atoms with Crippen LogP contribution in [0.15, 0.2) is 51.4 Å². The number of carbonyl (C=O) groups is 2. The van der Waals surface area contributed by atoms with Gasteiger partial charge in [-0.3, -0.25) is 9.59 Å². The molecule has 2 N–H and O–H groups in total. The number of carbonyl (C=O) groups excluding carboxylic acids is 2. The Bertz CT molecular complexity index is 733. The van der Waals surface area contributed by atoms with E-state index in [0.717, 1.165) is 8.95 Å². The molecule has 0 bridgehead atoms. The van der Waals surface area contributed by atoms with Gasteiger partial charge in [-0.25, -0.2) is 0 Å². The van der Waals surface area contributed by atoms with Gasteiger partial charge in [0.1, 0.15) is 5.75 Å². The van der Waals surface area contributed by atoms with Gasteiger partial charge in [-0.1, -0.05) is 15.9 Å². The second-order valence-electron chi connectivity index (χ2n) is 4.85. The molecule has 0 heterocycles. The summed E-state index contributed by atoms with van der Waals surface area (Å²) >= 11 is 6.73. The topological polar surface area (TPSA) is 67.4 Å². The molecule has 0 spiro atoms. The van der Waals surface area contributed by atoms with Gasteiger partial charge in [0.2, 0.25) is 0 Å². The van der Waals surface area contributed by atoms with Crippen LogP contribution in [-0.2, 0) is 4.79 Å². The minimum atomic E-state index is -0.282. The lowest BCUT2D eigenvalue weighted by atomic mass is 10.2. The molecule has 126 valence electrons. The fourth-order valence-electron chi connectivity index (χ4n) is 1.90. The molecule has 0 aliphatic carbocycles. The molecule has 0 unspecified atom stereocenters. The van der Waals surface area contributed by atoms with Crippen molar-refractivity contribution in [2.24, 2.45) is 0 Å². The van der Waals surface area contributed by atoms with Gasteiger partial charge in [-0.15, -0.1) is 0 Å². The third kappa shape index (κ3) is 5.35. The molecule has 24 heavy (non-hydrogen) atoms. The van der Waals surface area contributed by atoms with Gasteiger partial charge in [-0.05, 0) is 65.3 Å². The van der Waals surface area contributed by atoms with Crippen molar-refractivity contribution < 1.29 is 14.3 Å². The number of halogens is 2. The predicted octanol–water partition coefficient (Wildman–Crippen LogP) is 3.98. The lowest BCUT2D eigenvalue weighted by Crippen LogP contribution is -2.23. The van der Waals surface area contributed by atoms with Crippen LogP contribution in [-0.4, -0.2) is 25.0 Å². The van der Waals surface area contributed by atoms with Gasteiger partial charge in [0.25, 0.3) is 11.8 Å². The predicted molar refractivity (Wildman–Crippen MR) is 100 cm³/mol. The van der Waals surface area contributed by atoms with Crippen molar-refractivity contribution in [2.75, 3.05) is 18.5 Å². The summed E-state index contributed by atoms with van der Waals surface area (Å²) in [6.45, 7) is 2.31. The van der Waals surface area contributed by atoms with Crippen LogP contribution in [0, 0.1) is 0 Å². The summed E-state index contributed by atoms with van der Waals surface area (Å²) in [5.74, 6) is 0.161. The zero-order valence-electron chi connectivity index (χ0n) is 12.9. The van der Waals surface area contributed by atoms with Crippen LogP contribution in [0.3, 0.4) is 0 Å². The molecular weight excluding hydrogens is 440 g/mol. The molecule has 0 atom stereocenters. The smallest absolute Gasteiger partial charge is 0.262 e. The maximum Gasteiger partial charge on any atom is 0.262 e. The van der Waals surface area contributed by atoms with E-state index in [9.17, 15) is 9.59 Å². The molecule has 0 saturated carbocycles. The average molecular weight is 456 g/mol. The van der Waals surface area contributed by atoms with E-state index in [1.807, 2.05) is 19.1 Å². The van der Waals surface area contributed by atoms with E-state index in [1.54, 1.807) is 30.3 Å². The van der Waals surface area contributed by atoms with Crippen LogP contribution in [0.25, 0.3) is 0 Å². The lowest BCUT2D eigenvalue weighted by Gasteiger charge is -2.09. The quantitative estimate of drug-likeness (QED) is 0.692. The fourth-order valence-corrected chi connectivity index (χ4v) is 3.06. The number of ether oxygens (including phenoxy) is 1. The second kappa shape index (κ2) is 8.84. The normalized spacial score (nSPS) is 10.1. The molecule has 2 amide bonds. The van der Waals surface area contributed by atoms with Crippen LogP contribution in [0.5, 0.6) is 5.75 Å². The molecule has 0 aliphatic heterocycles. The summed E-state index contributed by atoms with van der Waals surface area (Å²) in [6.07, 6.45) is 0. The van der Waals surface area contributed by atoms with Crippen LogP contribution in [0.4, 0.5) is 5.69 Å². The summed E-state index contributed by atoms with van der Waals surface area (Å²) in [4.78, 5) is 23.6. The van der Waals surface area contributed by atoms with Crippen molar-refractivity contribution in [1.82, 2.24) is 5.32 Å². The molecule has 7 heteroatoms. The third-order valence-electron chi connectivity index (χ3n) is 3.02. The monoisotopic (exact) mass is 454 g/mol. The molecule has 0 fully saturated rings. The summed E-state index contributed by atoms with van der Waals surface area (Å²) in [7, 11) is 0. The molecule has 2 aromatic carbocycles. The van der Waals surface area contributed by atoms with Crippen LogP contribution >= 0.6 is 31.9 Å². The van der Waals surface area contributed by atoms with Crippen molar-refractivity contribution >= 4 is 49.4 Å². The first-order valence-electron chi connectivity index (χ1n) is 7.25. The summed E-state index contributed by atoms with van der Waals surface area (Å²) in [5.41, 5.74) is 1.15. The number of nitrogens with one attached hydrogen (secondary N) is 2. The number of hydrogen-bond acceptors (Lipinski definition) is 3. The number of benzene rings is 2. The first-order chi connectivity index (χ1) is 11.5. The largest absolute Gasteiger partial charge is 0.483 e. The van der Waals surface area contributed by atoms with Gasteiger partial charge in [0.15, 0.2) is 6.61 Å². The Hall–Kier alpha value is -1.86. The van der Waals surface area contributed by atoms with E-state index in [0.29, 0.717) is 23.5 Å². The molecule has 0 aromatic heterocycles. The van der Waals surface area contributed by atoms with Gasteiger partial charge >= 0.3 is 0 Å². The SMILES string of the molecule is CCNC(=O)c1ccc(NC(=O)COc2ccc(Br)cc2Br)cc1. The molecule has 0 aliphatic rings. The number of anilines is 1. The van der Waals surface area contributed by atoms with E-state index in [1.165, 1.54) is 0 Å². The minimum absolute atomic E-state index is 0.113. The van der Waals surface area contributed by atoms with Gasteiger partial charge in [-0.2, -0.15) is 0 Å². The van der Waals surface area contributed by atoms with E-state index in [-0.39, 0.29) is 18.4 Å². The maximum atomic E-state index is 11.9. The van der Waals surface area contributed by atoms with Crippen molar-refractivity contribution in [3.05, 3.63) is 57.0 Å². The zero-order chi connectivity index (χ0) is 17.5.